The van der Waals surface area contributed by atoms with Crippen LogP contribution in [0.15, 0.2) is 24.3 Å². The maximum Gasteiger partial charge on any atom is 0.408 e. The number of aliphatic carboxylic acids is 1. The Morgan fingerprint density at radius 2 is 1.90 bits per heavy atom. The summed E-state index contributed by atoms with van der Waals surface area (Å²) in [7, 11) is 0. The van der Waals surface area contributed by atoms with Crippen molar-refractivity contribution in [1.29, 1.82) is 0 Å². The lowest BCUT2D eigenvalue weighted by atomic mass is 10.1. The number of hydrogen-bond donors (Lipinski definition) is 3. The summed E-state index contributed by atoms with van der Waals surface area (Å²) in [6, 6.07) is 4.96. The molecule has 0 heterocycles. The highest BCUT2D eigenvalue weighted by molar-refractivity contribution is 6.30. The second kappa shape index (κ2) is 10.00. The molecule has 0 saturated heterocycles. The monoisotopic (exact) mass is 454 g/mol. The van der Waals surface area contributed by atoms with E-state index in [1.54, 1.807) is 45.9 Å². The summed E-state index contributed by atoms with van der Waals surface area (Å²) in [5.41, 5.74) is -0.485. The zero-order valence-electron chi connectivity index (χ0n) is 17.8. The van der Waals surface area contributed by atoms with E-state index in [1.807, 2.05) is 0 Å². The van der Waals surface area contributed by atoms with E-state index in [1.165, 1.54) is 6.07 Å². The van der Waals surface area contributed by atoms with E-state index < -0.39 is 53.3 Å². The largest absolute Gasteiger partial charge is 0.480 e. The fourth-order valence-corrected chi connectivity index (χ4v) is 3.58. The Morgan fingerprint density at radius 3 is 2.45 bits per heavy atom. The standard InChI is InChI=1S/C21H27ClN2O7/c1-5-30-19(28)15-13(10-23-17(25)11-7-6-8-12(22)9-11)14(15)16(18(26)27)24-20(29)31-21(2,3)4/h6-9,13-16H,5,10H2,1-4H3,(H,23,25)(H,24,29)(H,26,27). The topological polar surface area (TPSA) is 131 Å². The first-order valence-corrected chi connectivity index (χ1v) is 10.2. The summed E-state index contributed by atoms with van der Waals surface area (Å²) in [4.78, 5) is 48.7. The molecule has 31 heavy (non-hydrogen) atoms. The van der Waals surface area contributed by atoms with E-state index in [9.17, 15) is 24.3 Å². The van der Waals surface area contributed by atoms with E-state index >= 15 is 0 Å². The zero-order valence-corrected chi connectivity index (χ0v) is 18.6. The molecule has 0 radical (unpaired) electrons. The number of rotatable bonds is 8. The summed E-state index contributed by atoms with van der Waals surface area (Å²) in [6.07, 6.45) is -0.906. The number of hydrogen-bond acceptors (Lipinski definition) is 6. The first-order chi connectivity index (χ1) is 14.4. The van der Waals surface area contributed by atoms with Crippen molar-refractivity contribution < 1.29 is 33.8 Å². The number of esters is 1. The molecule has 1 aromatic rings. The average molecular weight is 455 g/mol. The molecule has 1 fully saturated rings. The second-order valence-electron chi connectivity index (χ2n) is 8.20. The van der Waals surface area contributed by atoms with Crippen LogP contribution in [0.25, 0.3) is 0 Å². The van der Waals surface area contributed by atoms with Crippen LogP contribution in [0.3, 0.4) is 0 Å². The van der Waals surface area contributed by atoms with Gasteiger partial charge in [0, 0.05) is 23.0 Å². The van der Waals surface area contributed by atoms with Crippen molar-refractivity contribution in [3.8, 4) is 0 Å². The van der Waals surface area contributed by atoms with Crippen molar-refractivity contribution in [2.24, 2.45) is 17.8 Å². The molecule has 1 aliphatic rings. The number of halogens is 1. The molecule has 2 amide bonds. The Hall–Kier alpha value is -2.81. The molecule has 9 nitrogen and oxygen atoms in total. The van der Waals surface area contributed by atoms with E-state index in [0.717, 1.165) is 0 Å². The molecule has 4 unspecified atom stereocenters. The van der Waals surface area contributed by atoms with Crippen molar-refractivity contribution in [1.82, 2.24) is 10.6 Å². The molecule has 0 aromatic heterocycles. The number of benzene rings is 1. The Bertz CT molecular complexity index is 852. The third kappa shape index (κ3) is 6.85. The van der Waals surface area contributed by atoms with E-state index in [2.05, 4.69) is 10.6 Å². The molecule has 10 heteroatoms. The van der Waals surface area contributed by atoms with Crippen LogP contribution in [-0.2, 0) is 19.1 Å². The van der Waals surface area contributed by atoms with Gasteiger partial charge >= 0.3 is 18.0 Å². The molecule has 4 atom stereocenters. The number of carboxylic acids is 1. The summed E-state index contributed by atoms with van der Waals surface area (Å²) >= 11 is 5.90. The van der Waals surface area contributed by atoms with Gasteiger partial charge in [0.15, 0.2) is 0 Å². The van der Waals surface area contributed by atoms with Crippen LogP contribution in [0.4, 0.5) is 4.79 Å². The third-order valence-electron chi connectivity index (χ3n) is 4.70. The van der Waals surface area contributed by atoms with Crippen molar-refractivity contribution in [2.75, 3.05) is 13.2 Å². The molecule has 170 valence electrons. The predicted octanol–water partition coefficient (Wildman–Crippen LogP) is 2.47. The van der Waals surface area contributed by atoms with Gasteiger partial charge in [-0.05, 0) is 51.8 Å². The van der Waals surface area contributed by atoms with Crippen molar-refractivity contribution >= 4 is 35.5 Å². The molecule has 2 rings (SSSR count). The molecular weight excluding hydrogens is 428 g/mol. The molecule has 0 bridgehead atoms. The summed E-state index contributed by atoms with van der Waals surface area (Å²) in [5.74, 6) is -4.37. The van der Waals surface area contributed by atoms with Gasteiger partial charge in [-0.15, -0.1) is 0 Å². The number of carbonyl (C=O) groups is 4. The zero-order chi connectivity index (χ0) is 23.3. The number of nitrogens with one attached hydrogen (secondary N) is 2. The number of amides is 2. The van der Waals surface area contributed by atoms with Gasteiger partial charge in [-0.2, -0.15) is 0 Å². The Kier molecular flexibility index (Phi) is 7.89. The molecule has 3 N–H and O–H groups in total. The lowest BCUT2D eigenvalue weighted by Gasteiger charge is -2.22. The van der Waals surface area contributed by atoms with E-state index in [-0.39, 0.29) is 13.2 Å². The predicted molar refractivity (Wildman–Crippen MR) is 112 cm³/mol. The number of carboxylic acid groups (broad SMARTS) is 1. The summed E-state index contributed by atoms with van der Waals surface area (Å²) in [5, 5.41) is 15.0. The number of alkyl carbamates (subject to hydrolysis) is 1. The lowest BCUT2D eigenvalue weighted by molar-refractivity contribution is -0.145. The van der Waals surface area contributed by atoms with Crippen LogP contribution in [-0.4, -0.2) is 53.8 Å². The van der Waals surface area contributed by atoms with Crippen molar-refractivity contribution in [3.05, 3.63) is 34.9 Å². The summed E-state index contributed by atoms with van der Waals surface area (Å²) < 4.78 is 10.2. The minimum Gasteiger partial charge on any atom is -0.480 e. The lowest BCUT2D eigenvalue weighted by Crippen LogP contribution is -2.46. The minimum atomic E-state index is -1.38. The molecule has 1 aliphatic carbocycles. The van der Waals surface area contributed by atoms with Gasteiger partial charge in [-0.3, -0.25) is 9.59 Å². The van der Waals surface area contributed by atoms with Crippen LogP contribution in [0.5, 0.6) is 0 Å². The van der Waals surface area contributed by atoms with Gasteiger partial charge in [0.25, 0.3) is 5.91 Å². The minimum absolute atomic E-state index is 0.0271. The first-order valence-electron chi connectivity index (χ1n) is 9.87. The number of carbonyl (C=O) groups excluding carboxylic acids is 3. The van der Waals surface area contributed by atoms with Gasteiger partial charge in [-0.25, -0.2) is 9.59 Å². The smallest absolute Gasteiger partial charge is 0.408 e. The maximum absolute atomic E-state index is 12.4. The fourth-order valence-electron chi connectivity index (χ4n) is 3.39. The van der Waals surface area contributed by atoms with Crippen LogP contribution in [0.1, 0.15) is 38.1 Å². The molecular formula is C21H27ClN2O7. The highest BCUT2D eigenvalue weighted by atomic mass is 35.5. The van der Waals surface area contributed by atoms with E-state index in [4.69, 9.17) is 21.1 Å². The maximum atomic E-state index is 12.4. The quantitative estimate of drug-likeness (QED) is 0.514. The second-order valence-corrected chi connectivity index (χ2v) is 8.64. The highest BCUT2D eigenvalue weighted by Gasteiger charge is 2.61. The molecule has 1 saturated carbocycles. The van der Waals surface area contributed by atoms with Crippen LogP contribution < -0.4 is 10.6 Å². The SMILES string of the molecule is CCOC(=O)C1C(CNC(=O)c2cccc(Cl)c2)C1C(NC(=O)OC(C)(C)C)C(=O)O. The fraction of sp³-hybridized carbons (Fsp3) is 0.524. The Morgan fingerprint density at radius 1 is 1.23 bits per heavy atom. The van der Waals surface area contributed by atoms with Gasteiger partial charge < -0.3 is 25.2 Å². The van der Waals surface area contributed by atoms with Gasteiger partial charge in [-0.1, -0.05) is 17.7 Å². The Balaban J connectivity index is 2.11. The number of ether oxygens (including phenoxy) is 2. The van der Waals surface area contributed by atoms with Crippen molar-refractivity contribution in [2.45, 2.75) is 39.3 Å². The average Bonchev–Trinajstić information content (AvgIpc) is 3.36. The first kappa shape index (κ1) is 24.5. The van der Waals surface area contributed by atoms with Crippen molar-refractivity contribution in [3.63, 3.8) is 0 Å². The molecule has 0 spiro atoms. The van der Waals surface area contributed by atoms with Gasteiger partial charge in [0.2, 0.25) is 0 Å². The highest BCUT2D eigenvalue weighted by Crippen LogP contribution is 2.49. The summed E-state index contributed by atoms with van der Waals surface area (Å²) in [6.45, 7) is 6.73. The van der Waals surface area contributed by atoms with E-state index in [0.29, 0.717) is 10.6 Å². The van der Waals surface area contributed by atoms with Gasteiger partial charge in [0.05, 0.1) is 12.5 Å². The normalized spacial score (nSPS) is 20.9. The Labute approximate surface area is 185 Å². The van der Waals surface area contributed by atoms with Crippen LogP contribution in [0.2, 0.25) is 5.02 Å². The third-order valence-corrected chi connectivity index (χ3v) is 4.93. The van der Waals surface area contributed by atoms with Gasteiger partial charge in [0.1, 0.15) is 11.6 Å². The van der Waals surface area contributed by atoms with Crippen LogP contribution >= 0.6 is 11.6 Å². The van der Waals surface area contributed by atoms with Crippen LogP contribution in [0, 0.1) is 17.8 Å². The molecule has 1 aromatic carbocycles. The molecule has 0 aliphatic heterocycles.